The first-order chi connectivity index (χ1) is 8.16. The molecule has 104 valence electrons. The van der Waals surface area contributed by atoms with Crippen molar-refractivity contribution in [1.82, 2.24) is 10.6 Å². The Morgan fingerprint density at radius 1 is 1.22 bits per heavy atom. The Hall–Kier alpha value is -0.570. The summed E-state index contributed by atoms with van der Waals surface area (Å²) in [7, 11) is 0. The Morgan fingerprint density at radius 2 is 1.89 bits per heavy atom. The van der Waals surface area contributed by atoms with E-state index < -0.39 is 0 Å². The van der Waals surface area contributed by atoms with Crippen LogP contribution >= 0.6 is 0 Å². The number of nitrogens with one attached hydrogen (secondary N) is 2. The first kappa shape index (κ1) is 13.9. The van der Waals surface area contributed by atoms with Crippen molar-refractivity contribution in [2.45, 2.75) is 77.9 Å². The molecular formula is C15H28N2O. The fourth-order valence-electron chi connectivity index (χ4n) is 3.91. The molecule has 2 rings (SSSR count). The van der Waals surface area contributed by atoms with Crippen LogP contribution in [-0.2, 0) is 4.79 Å². The van der Waals surface area contributed by atoms with Crippen LogP contribution in [-0.4, -0.2) is 23.5 Å². The maximum Gasteiger partial charge on any atom is 0.225 e. The minimum atomic E-state index is -0.114. The van der Waals surface area contributed by atoms with E-state index in [0.29, 0.717) is 12.1 Å². The number of amides is 1. The van der Waals surface area contributed by atoms with Crippen molar-refractivity contribution in [3.8, 4) is 0 Å². The Balaban J connectivity index is 1.91. The highest BCUT2D eigenvalue weighted by atomic mass is 16.2. The third-order valence-electron chi connectivity index (χ3n) is 4.07. The quantitative estimate of drug-likeness (QED) is 0.810. The number of rotatable bonds is 3. The second-order valence-electron chi connectivity index (χ2n) is 8.00. The second kappa shape index (κ2) is 4.52. The first-order valence-electron chi connectivity index (χ1n) is 7.24. The minimum Gasteiger partial charge on any atom is -0.351 e. The maximum atomic E-state index is 12.4. The average Bonchev–Trinajstić information content (AvgIpc) is 2.72. The lowest BCUT2D eigenvalue weighted by Gasteiger charge is -2.35. The van der Waals surface area contributed by atoms with Gasteiger partial charge in [-0.25, -0.2) is 0 Å². The van der Waals surface area contributed by atoms with E-state index in [4.69, 9.17) is 0 Å². The van der Waals surface area contributed by atoms with Gasteiger partial charge in [0.25, 0.3) is 0 Å². The van der Waals surface area contributed by atoms with E-state index in [1.54, 1.807) is 0 Å². The molecule has 0 spiro atoms. The largest absolute Gasteiger partial charge is 0.351 e. The van der Waals surface area contributed by atoms with Gasteiger partial charge >= 0.3 is 0 Å². The molecule has 3 nitrogen and oxygen atoms in total. The molecule has 0 aliphatic carbocycles. The van der Waals surface area contributed by atoms with Gasteiger partial charge in [0, 0.05) is 17.6 Å². The summed E-state index contributed by atoms with van der Waals surface area (Å²) >= 11 is 0. The molecule has 2 N–H and O–H groups in total. The van der Waals surface area contributed by atoms with Gasteiger partial charge < -0.3 is 10.6 Å². The predicted molar refractivity (Wildman–Crippen MR) is 74.3 cm³/mol. The number of hydrogen-bond acceptors (Lipinski definition) is 2. The van der Waals surface area contributed by atoms with E-state index in [-0.39, 0.29) is 22.8 Å². The first-order valence-corrected chi connectivity index (χ1v) is 7.24. The van der Waals surface area contributed by atoms with Gasteiger partial charge in [-0.2, -0.15) is 0 Å². The molecule has 0 aromatic carbocycles. The number of hydrogen-bond donors (Lipinski definition) is 2. The van der Waals surface area contributed by atoms with Crippen LogP contribution in [0.25, 0.3) is 0 Å². The van der Waals surface area contributed by atoms with E-state index in [0.717, 1.165) is 12.8 Å². The van der Waals surface area contributed by atoms with Crippen LogP contribution in [0.2, 0.25) is 0 Å². The molecule has 2 bridgehead atoms. The third-order valence-corrected chi connectivity index (χ3v) is 4.07. The summed E-state index contributed by atoms with van der Waals surface area (Å²) in [5, 5.41) is 6.79. The lowest BCUT2D eigenvalue weighted by molar-refractivity contribution is -0.127. The normalized spacial score (nSPS) is 31.7. The second-order valence-corrected chi connectivity index (χ2v) is 8.00. The Labute approximate surface area is 111 Å². The lowest BCUT2D eigenvalue weighted by Crippen LogP contribution is -2.49. The molecule has 0 radical (unpaired) electrons. The van der Waals surface area contributed by atoms with Crippen LogP contribution in [0.15, 0.2) is 0 Å². The topological polar surface area (TPSA) is 41.1 Å². The van der Waals surface area contributed by atoms with Gasteiger partial charge in [0.05, 0.1) is 5.92 Å². The molecule has 2 aliphatic rings. The fraction of sp³-hybridized carbons (Fsp3) is 0.933. The molecule has 18 heavy (non-hydrogen) atoms. The summed E-state index contributed by atoms with van der Waals surface area (Å²) in [4.78, 5) is 12.4. The molecule has 2 saturated heterocycles. The van der Waals surface area contributed by atoms with Gasteiger partial charge in [0.2, 0.25) is 5.91 Å². The van der Waals surface area contributed by atoms with Gasteiger partial charge in [-0.05, 0) is 44.9 Å². The molecule has 0 saturated carbocycles. The van der Waals surface area contributed by atoms with Gasteiger partial charge in [-0.15, -0.1) is 0 Å². The lowest BCUT2D eigenvalue weighted by atomic mass is 9.81. The highest BCUT2D eigenvalue weighted by Crippen LogP contribution is 2.34. The Kier molecular flexibility index (Phi) is 3.48. The molecule has 0 aromatic heterocycles. The highest BCUT2D eigenvalue weighted by Gasteiger charge is 2.43. The van der Waals surface area contributed by atoms with E-state index >= 15 is 0 Å². The summed E-state index contributed by atoms with van der Waals surface area (Å²) in [5.74, 6) is 0.451. The van der Waals surface area contributed by atoms with Crippen LogP contribution in [0, 0.1) is 11.3 Å². The van der Waals surface area contributed by atoms with Crippen LogP contribution in [0.4, 0.5) is 0 Å². The van der Waals surface area contributed by atoms with Crippen LogP contribution < -0.4 is 10.6 Å². The van der Waals surface area contributed by atoms with E-state index in [2.05, 4.69) is 45.3 Å². The standard InChI is InChI=1S/C15H28N2O/c1-14(2,3)9-15(4,5)17-13(18)11-8-10-6-7-12(11)16-10/h10-12,16H,6-9H2,1-5H3,(H,17,18). The number of carbonyl (C=O) groups excluding carboxylic acids is 1. The zero-order chi connectivity index (χ0) is 13.6. The molecule has 3 unspecified atom stereocenters. The smallest absolute Gasteiger partial charge is 0.225 e. The fourth-order valence-corrected chi connectivity index (χ4v) is 3.91. The van der Waals surface area contributed by atoms with Crippen molar-refractivity contribution >= 4 is 5.91 Å². The van der Waals surface area contributed by atoms with E-state index in [1.807, 2.05) is 0 Å². The zero-order valence-electron chi connectivity index (χ0n) is 12.5. The summed E-state index contributed by atoms with van der Waals surface area (Å²) in [6.45, 7) is 10.9. The van der Waals surface area contributed by atoms with Crippen molar-refractivity contribution in [3.63, 3.8) is 0 Å². The van der Waals surface area contributed by atoms with Crippen molar-refractivity contribution in [2.75, 3.05) is 0 Å². The van der Waals surface area contributed by atoms with Crippen molar-refractivity contribution in [1.29, 1.82) is 0 Å². The van der Waals surface area contributed by atoms with Crippen LogP contribution in [0.3, 0.4) is 0 Å². The highest BCUT2D eigenvalue weighted by molar-refractivity contribution is 5.80. The van der Waals surface area contributed by atoms with Crippen LogP contribution in [0.5, 0.6) is 0 Å². The zero-order valence-corrected chi connectivity index (χ0v) is 12.5. The van der Waals surface area contributed by atoms with Crippen LogP contribution in [0.1, 0.15) is 60.3 Å². The number of fused-ring (bicyclic) bond motifs is 2. The third kappa shape index (κ3) is 3.25. The minimum absolute atomic E-state index is 0.114. The molecule has 2 fully saturated rings. The van der Waals surface area contributed by atoms with Crippen molar-refractivity contribution in [3.05, 3.63) is 0 Å². The summed E-state index contributed by atoms with van der Waals surface area (Å²) in [6, 6.07) is 1.02. The SMILES string of the molecule is CC(C)(C)CC(C)(C)NC(=O)C1CC2CCC1N2. The van der Waals surface area contributed by atoms with Gasteiger partial charge in [-0.1, -0.05) is 20.8 Å². The van der Waals surface area contributed by atoms with Crippen molar-refractivity contribution in [2.24, 2.45) is 11.3 Å². The molecular weight excluding hydrogens is 224 g/mol. The molecule has 2 aliphatic heterocycles. The molecule has 2 heterocycles. The molecule has 3 atom stereocenters. The predicted octanol–water partition coefficient (Wildman–Crippen LogP) is 2.46. The number of carbonyl (C=O) groups is 1. The maximum absolute atomic E-state index is 12.4. The van der Waals surface area contributed by atoms with Gasteiger partial charge in [0.1, 0.15) is 0 Å². The molecule has 0 aromatic rings. The summed E-state index contributed by atoms with van der Waals surface area (Å²) in [5.41, 5.74) is 0.126. The van der Waals surface area contributed by atoms with E-state index in [9.17, 15) is 4.79 Å². The summed E-state index contributed by atoms with van der Waals surface area (Å²) in [6.07, 6.45) is 4.45. The Morgan fingerprint density at radius 3 is 2.33 bits per heavy atom. The van der Waals surface area contributed by atoms with E-state index in [1.165, 1.54) is 12.8 Å². The summed E-state index contributed by atoms with van der Waals surface area (Å²) < 4.78 is 0. The van der Waals surface area contributed by atoms with Gasteiger partial charge in [0.15, 0.2) is 0 Å². The Bertz CT molecular complexity index is 330. The van der Waals surface area contributed by atoms with Crippen molar-refractivity contribution < 1.29 is 4.79 Å². The monoisotopic (exact) mass is 252 g/mol. The van der Waals surface area contributed by atoms with Gasteiger partial charge in [-0.3, -0.25) is 4.79 Å². The molecule has 1 amide bonds. The average molecular weight is 252 g/mol. The molecule has 3 heteroatoms.